The first-order valence-electron chi connectivity index (χ1n) is 4.77. The SMILES string of the molecule is [Cl-].[Cl-].[Cl-].[Zr+3][CH]1c2ccccc2-c2ccccc21. The Balaban J connectivity index is 0.000000853. The van der Waals surface area contributed by atoms with E-state index >= 15 is 0 Å². The van der Waals surface area contributed by atoms with Gasteiger partial charge in [0.05, 0.1) is 0 Å². The summed E-state index contributed by atoms with van der Waals surface area (Å²) in [6, 6.07) is 17.5. The molecule has 4 heteroatoms. The minimum atomic E-state index is 0. The Morgan fingerprint density at radius 2 is 1.00 bits per heavy atom. The Bertz CT molecular complexity index is 454. The molecule has 0 radical (unpaired) electrons. The summed E-state index contributed by atoms with van der Waals surface area (Å²) < 4.78 is 0.648. The first-order valence-corrected chi connectivity index (χ1v) is 6.19. The molecule has 0 aromatic heterocycles. The first kappa shape index (κ1) is 17.2. The van der Waals surface area contributed by atoms with Gasteiger partial charge in [0.15, 0.2) is 0 Å². The van der Waals surface area contributed by atoms with Crippen molar-refractivity contribution >= 4 is 0 Å². The predicted octanol–water partition coefficient (Wildman–Crippen LogP) is -5.68. The maximum atomic E-state index is 2.26. The average molecular weight is 363 g/mol. The molecule has 3 rings (SSSR count). The standard InChI is InChI=1S/C13H9.3ClH.Zr/c1-3-7-12-10(5-1)9-11-6-2-4-8-13(11)12;;;;/h1-9H;3*1H;/q;;;;+3/p-3. The molecule has 0 aliphatic heterocycles. The van der Waals surface area contributed by atoms with E-state index in [2.05, 4.69) is 48.5 Å². The molecule has 17 heavy (non-hydrogen) atoms. The quantitative estimate of drug-likeness (QED) is 0.438. The van der Waals surface area contributed by atoms with Crippen LogP contribution >= 0.6 is 0 Å². The molecule has 2 aromatic rings. The first-order chi connectivity index (χ1) is 6.88. The Kier molecular flexibility index (Phi) is 7.03. The van der Waals surface area contributed by atoms with Gasteiger partial charge in [-0.2, -0.15) is 0 Å². The van der Waals surface area contributed by atoms with Crippen LogP contribution in [0.4, 0.5) is 0 Å². The van der Waals surface area contributed by atoms with Crippen LogP contribution in [0.3, 0.4) is 0 Å². The van der Waals surface area contributed by atoms with Crippen LogP contribution in [0, 0.1) is 0 Å². The van der Waals surface area contributed by atoms with Gasteiger partial charge >= 0.3 is 99.1 Å². The molecule has 0 saturated carbocycles. The van der Waals surface area contributed by atoms with Gasteiger partial charge in [0, 0.05) is 0 Å². The second kappa shape index (κ2) is 6.95. The fourth-order valence-corrected chi connectivity index (χ4v) is 3.39. The Morgan fingerprint density at radius 1 is 0.647 bits per heavy atom. The summed E-state index contributed by atoms with van der Waals surface area (Å²) >= 11 is 1.58. The summed E-state index contributed by atoms with van der Waals surface area (Å²) in [6.07, 6.45) is 0. The zero-order valence-electron chi connectivity index (χ0n) is 8.83. The van der Waals surface area contributed by atoms with Crippen molar-refractivity contribution in [1.29, 1.82) is 0 Å². The second-order valence-electron chi connectivity index (χ2n) is 3.61. The van der Waals surface area contributed by atoms with E-state index < -0.39 is 0 Å². The molecule has 2 aromatic carbocycles. The van der Waals surface area contributed by atoms with Crippen molar-refractivity contribution in [2.24, 2.45) is 0 Å². The van der Waals surface area contributed by atoms with Crippen LogP contribution in [0.25, 0.3) is 11.1 Å². The normalized spacial score (nSPS) is 11.4. The van der Waals surface area contributed by atoms with E-state index in [9.17, 15) is 0 Å². The van der Waals surface area contributed by atoms with Crippen molar-refractivity contribution in [2.75, 3.05) is 0 Å². The third-order valence-electron chi connectivity index (χ3n) is 2.83. The van der Waals surface area contributed by atoms with E-state index in [1.807, 2.05) is 0 Å². The van der Waals surface area contributed by atoms with Crippen LogP contribution in [0.2, 0.25) is 0 Å². The van der Waals surface area contributed by atoms with Crippen molar-refractivity contribution in [3.8, 4) is 11.1 Å². The number of fused-ring (bicyclic) bond motifs is 3. The zero-order valence-corrected chi connectivity index (χ0v) is 13.6. The molecule has 86 valence electrons. The molecule has 0 nitrogen and oxygen atoms in total. The molecule has 0 heterocycles. The fraction of sp³-hybridized carbons (Fsp3) is 0.0769. The Morgan fingerprint density at radius 3 is 1.41 bits per heavy atom. The molecule has 1 aliphatic carbocycles. The molecule has 0 amide bonds. The molecule has 0 saturated heterocycles. The average Bonchev–Trinajstić information content (AvgIpc) is 2.55. The van der Waals surface area contributed by atoms with Crippen molar-refractivity contribution < 1.29 is 61.9 Å². The van der Waals surface area contributed by atoms with E-state index in [0.717, 1.165) is 0 Å². The van der Waals surface area contributed by atoms with Crippen molar-refractivity contribution in [3.63, 3.8) is 0 Å². The number of rotatable bonds is 0. The topological polar surface area (TPSA) is 0 Å². The molecule has 0 bridgehead atoms. The van der Waals surface area contributed by atoms with Crippen LogP contribution in [0.5, 0.6) is 0 Å². The van der Waals surface area contributed by atoms with Crippen molar-refractivity contribution in [3.05, 3.63) is 59.7 Å². The number of halogens is 3. The van der Waals surface area contributed by atoms with E-state index in [0.29, 0.717) is 3.63 Å². The third-order valence-corrected chi connectivity index (χ3v) is 4.36. The van der Waals surface area contributed by atoms with Crippen LogP contribution in [0.1, 0.15) is 14.8 Å². The predicted molar refractivity (Wildman–Crippen MR) is 53.7 cm³/mol. The van der Waals surface area contributed by atoms with Gasteiger partial charge in [-0.05, 0) is 0 Å². The molecular formula is C13H9Cl3Zr. The van der Waals surface area contributed by atoms with Crippen LogP contribution in [-0.4, -0.2) is 0 Å². The van der Waals surface area contributed by atoms with Gasteiger partial charge in [-0.25, -0.2) is 0 Å². The van der Waals surface area contributed by atoms with Gasteiger partial charge in [0.25, 0.3) is 0 Å². The summed E-state index contributed by atoms with van der Waals surface area (Å²) in [6.45, 7) is 0. The van der Waals surface area contributed by atoms with Gasteiger partial charge in [-0.3, -0.25) is 0 Å². The molecule has 0 atom stereocenters. The van der Waals surface area contributed by atoms with Gasteiger partial charge in [-0.15, -0.1) is 0 Å². The maximum absolute atomic E-state index is 2.26. The summed E-state index contributed by atoms with van der Waals surface area (Å²) in [5.41, 5.74) is 5.88. The van der Waals surface area contributed by atoms with E-state index in [-0.39, 0.29) is 37.2 Å². The monoisotopic (exact) mass is 360 g/mol. The summed E-state index contributed by atoms with van der Waals surface area (Å²) in [5, 5.41) is 0. The molecular weight excluding hydrogens is 354 g/mol. The van der Waals surface area contributed by atoms with Crippen molar-refractivity contribution in [2.45, 2.75) is 3.63 Å². The Hall–Kier alpha value is 0.193. The van der Waals surface area contributed by atoms with Crippen LogP contribution in [0.15, 0.2) is 48.5 Å². The molecule has 1 aliphatic rings. The molecule has 0 unspecified atom stereocenters. The van der Waals surface area contributed by atoms with E-state index in [4.69, 9.17) is 0 Å². The van der Waals surface area contributed by atoms with Gasteiger partial charge in [0.2, 0.25) is 0 Å². The molecule has 0 fully saturated rings. The molecule has 0 N–H and O–H groups in total. The minimum absolute atomic E-state index is 0. The van der Waals surface area contributed by atoms with Crippen LogP contribution < -0.4 is 37.2 Å². The Labute approximate surface area is 135 Å². The number of hydrogen-bond acceptors (Lipinski definition) is 0. The fourth-order valence-electron chi connectivity index (χ4n) is 2.16. The second-order valence-corrected chi connectivity index (χ2v) is 5.03. The van der Waals surface area contributed by atoms with E-state index in [1.54, 1.807) is 24.7 Å². The zero-order chi connectivity index (χ0) is 9.54. The van der Waals surface area contributed by atoms with Crippen LogP contribution in [-0.2, 0) is 24.7 Å². The number of benzene rings is 2. The summed E-state index contributed by atoms with van der Waals surface area (Å²) in [7, 11) is 0. The summed E-state index contributed by atoms with van der Waals surface area (Å²) in [4.78, 5) is 0. The summed E-state index contributed by atoms with van der Waals surface area (Å²) in [5.74, 6) is 0. The van der Waals surface area contributed by atoms with Gasteiger partial charge in [-0.1, -0.05) is 0 Å². The number of hydrogen-bond donors (Lipinski definition) is 0. The third kappa shape index (κ3) is 2.79. The van der Waals surface area contributed by atoms with Gasteiger partial charge in [0.1, 0.15) is 0 Å². The van der Waals surface area contributed by atoms with E-state index in [1.165, 1.54) is 22.3 Å². The van der Waals surface area contributed by atoms with Crippen molar-refractivity contribution in [1.82, 2.24) is 0 Å². The van der Waals surface area contributed by atoms with Gasteiger partial charge < -0.3 is 37.2 Å². The molecule has 0 spiro atoms.